The zero-order valence-electron chi connectivity index (χ0n) is 12.0. The number of hydrogen-bond acceptors (Lipinski definition) is 3. The summed E-state index contributed by atoms with van der Waals surface area (Å²) in [6, 6.07) is 8.71. The van der Waals surface area contributed by atoms with Crippen molar-refractivity contribution in [2.75, 3.05) is 20.3 Å². The van der Waals surface area contributed by atoms with E-state index in [9.17, 15) is 0 Å². The summed E-state index contributed by atoms with van der Waals surface area (Å²) in [5, 5.41) is 2.53. The average molecular weight is 259 g/mol. The minimum atomic E-state index is 0.590. The molecule has 0 aromatic heterocycles. The van der Waals surface area contributed by atoms with Crippen LogP contribution >= 0.6 is 0 Å². The highest BCUT2D eigenvalue weighted by Gasteiger charge is 2.09. The number of hydrogen-bond donors (Lipinski definition) is 1. The second-order valence-electron chi connectivity index (χ2n) is 4.82. The van der Waals surface area contributed by atoms with Gasteiger partial charge in [0.15, 0.2) is 0 Å². The van der Waals surface area contributed by atoms with E-state index in [2.05, 4.69) is 50.5 Å². The Morgan fingerprint density at radius 3 is 2.63 bits per heavy atom. The fourth-order valence-electron chi connectivity index (χ4n) is 2.38. The van der Waals surface area contributed by atoms with E-state index in [1.807, 2.05) is 0 Å². The molecular formula is C16H21NO2. The van der Waals surface area contributed by atoms with Gasteiger partial charge in [0.25, 0.3) is 0 Å². The lowest BCUT2D eigenvalue weighted by atomic mass is 9.99. The van der Waals surface area contributed by atoms with E-state index in [0.717, 1.165) is 5.75 Å². The summed E-state index contributed by atoms with van der Waals surface area (Å²) in [4.78, 5) is 4.79. The molecule has 0 saturated carbocycles. The van der Waals surface area contributed by atoms with E-state index < -0.39 is 0 Å². The largest absolute Gasteiger partial charge is 0.492 e. The fourth-order valence-corrected chi connectivity index (χ4v) is 2.38. The standard InChI is InChI=1S/C16H21NO2/c1-11-5-6-15-13(3)16(19-8-7-17-18-4)12(2)10-14(15)9-11/h5-6,9-10,17H,7-8H2,1-4H3. The summed E-state index contributed by atoms with van der Waals surface area (Å²) >= 11 is 0. The smallest absolute Gasteiger partial charge is 0.125 e. The predicted molar refractivity (Wildman–Crippen MR) is 78.7 cm³/mol. The molecule has 0 aliphatic heterocycles. The topological polar surface area (TPSA) is 30.5 Å². The maximum Gasteiger partial charge on any atom is 0.125 e. The van der Waals surface area contributed by atoms with E-state index in [0.29, 0.717) is 13.2 Å². The first-order valence-corrected chi connectivity index (χ1v) is 6.52. The quantitative estimate of drug-likeness (QED) is 0.660. The molecule has 3 heteroatoms. The SMILES string of the molecule is CONCCOc1c(C)cc2cc(C)ccc2c1C. The molecule has 0 atom stereocenters. The van der Waals surface area contributed by atoms with Crippen molar-refractivity contribution in [1.82, 2.24) is 5.48 Å². The minimum Gasteiger partial charge on any atom is -0.492 e. The summed E-state index contributed by atoms with van der Waals surface area (Å²) in [6.07, 6.45) is 0. The van der Waals surface area contributed by atoms with E-state index in [1.54, 1.807) is 7.11 Å². The Labute approximate surface area is 114 Å². The molecule has 1 N–H and O–H groups in total. The highest BCUT2D eigenvalue weighted by molar-refractivity contribution is 5.89. The van der Waals surface area contributed by atoms with Crippen molar-refractivity contribution in [3.63, 3.8) is 0 Å². The van der Waals surface area contributed by atoms with E-state index >= 15 is 0 Å². The van der Waals surface area contributed by atoms with Crippen LogP contribution in [0.3, 0.4) is 0 Å². The zero-order valence-corrected chi connectivity index (χ0v) is 12.0. The molecule has 0 unspecified atom stereocenters. The van der Waals surface area contributed by atoms with Gasteiger partial charge in [-0.05, 0) is 48.7 Å². The Hall–Kier alpha value is -1.58. The average Bonchev–Trinajstić information content (AvgIpc) is 2.37. The Kier molecular flexibility index (Phi) is 4.40. The van der Waals surface area contributed by atoms with E-state index in [-0.39, 0.29) is 0 Å². The molecule has 0 fully saturated rings. The van der Waals surface area contributed by atoms with Gasteiger partial charge in [0, 0.05) is 0 Å². The van der Waals surface area contributed by atoms with Gasteiger partial charge in [-0.3, -0.25) is 0 Å². The van der Waals surface area contributed by atoms with Gasteiger partial charge in [-0.25, -0.2) is 0 Å². The number of hydroxylamine groups is 1. The van der Waals surface area contributed by atoms with Crippen molar-refractivity contribution in [1.29, 1.82) is 0 Å². The number of fused-ring (bicyclic) bond motifs is 1. The maximum absolute atomic E-state index is 5.87. The summed E-state index contributed by atoms with van der Waals surface area (Å²) in [5.74, 6) is 0.981. The third-order valence-electron chi connectivity index (χ3n) is 3.28. The van der Waals surface area contributed by atoms with Gasteiger partial charge in [0.05, 0.1) is 13.7 Å². The maximum atomic E-state index is 5.87. The van der Waals surface area contributed by atoms with Crippen molar-refractivity contribution in [3.8, 4) is 5.75 Å². The van der Waals surface area contributed by atoms with Crippen LogP contribution < -0.4 is 10.2 Å². The van der Waals surface area contributed by atoms with Gasteiger partial charge in [-0.15, -0.1) is 0 Å². The Morgan fingerprint density at radius 2 is 1.89 bits per heavy atom. The Balaban J connectivity index is 2.31. The highest BCUT2D eigenvalue weighted by atomic mass is 16.6. The molecule has 0 radical (unpaired) electrons. The molecule has 0 bridgehead atoms. The molecule has 2 aromatic carbocycles. The molecule has 0 saturated heterocycles. The lowest BCUT2D eigenvalue weighted by Crippen LogP contribution is -2.20. The zero-order chi connectivity index (χ0) is 13.8. The number of benzene rings is 2. The molecule has 0 spiro atoms. The number of ether oxygens (including phenoxy) is 1. The van der Waals surface area contributed by atoms with Crippen LogP contribution in [-0.4, -0.2) is 20.3 Å². The van der Waals surface area contributed by atoms with Crippen LogP contribution in [0.15, 0.2) is 24.3 Å². The van der Waals surface area contributed by atoms with Crippen molar-refractivity contribution in [2.24, 2.45) is 0 Å². The Bertz CT molecular complexity index is 578. The van der Waals surface area contributed by atoms with Crippen LogP contribution in [0.5, 0.6) is 5.75 Å². The van der Waals surface area contributed by atoms with Crippen molar-refractivity contribution in [3.05, 3.63) is 41.0 Å². The molecule has 0 heterocycles. The summed E-state index contributed by atoms with van der Waals surface area (Å²) in [7, 11) is 1.61. The molecule has 0 aliphatic rings. The molecule has 0 amide bonds. The summed E-state index contributed by atoms with van der Waals surface area (Å²) < 4.78 is 5.87. The summed E-state index contributed by atoms with van der Waals surface area (Å²) in [5.41, 5.74) is 6.43. The Morgan fingerprint density at radius 1 is 1.11 bits per heavy atom. The minimum absolute atomic E-state index is 0.590. The number of rotatable bonds is 5. The van der Waals surface area contributed by atoms with Crippen LogP contribution in [-0.2, 0) is 4.84 Å². The van der Waals surface area contributed by atoms with Crippen LogP contribution in [0, 0.1) is 20.8 Å². The van der Waals surface area contributed by atoms with Crippen LogP contribution in [0.25, 0.3) is 10.8 Å². The molecular weight excluding hydrogens is 238 g/mol. The monoisotopic (exact) mass is 259 g/mol. The van der Waals surface area contributed by atoms with Gasteiger partial charge in [0.2, 0.25) is 0 Å². The summed E-state index contributed by atoms with van der Waals surface area (Å²) in [6.45, 7) is 7.58. The third kappa shape index (κ3) is 3.06. The first-order valence-electron chi connectivity index (χ1n) is 6.52. The van der Waals surface area contributed by atoms with Gasteiger partial charge >= 0.3 is 0 Å². The van der Waals surface area contributed by atoms with E-state index in [1.165, 1.54) is 27.5 Å². The molecule has 2 rings (SSSR count). The molecule has 2 aromatic rings. The predicted octanol–water partition coefficient (Wildman–Crippen LogP) is 3.29. The van der Waals surface area contributed by atoms with Gasteiger partial charge in [-0.2, -0.15) is 5.48 Å². The first-order chi connectivity index (χ1) is 9.13. The second kappa shape index (κ2) is 6.04. The van der Waals surface area contributed by atoms with Gasteiger partial charge in [0.1, 0.15) is 12.4 Å². The van der Waals surface area contributed by atoms with E-state index in [4.69, 9.17) is 9.57 Å². The third-order valence-corrected chi connectivity index (χ3v) is 3.28. The molecule has 19 heavy (non-hydrogen) atoms. The normalized spacial score (nSPS) is 10.9. The first kappa shape index (κ1) is 13.8. The van der Waals surface area contributed by atoms with Crippen molar-refractivity contribution in [2.45, 2.75) is 20.8 Å². The highest BCUT2D eigenvalue weighted by Crippen LogP contribution is 2.31. The van der Waals surface area contributed by atoms with Crippen LogP contribution in [0.2, 0.25) is 0 Å². The lowest BCUT2D eigenvalue weighted by molar-refractivity contribution is 0.0806. The molecule has 0 aliphatic carbocycles. The fraction of sp³-hybridized carbons (Fsp3) is 0.375. The van der Waals surface area contributed by atoms with Crippen molar-refractivity contribution < 1.29 is 9.57 Å². The lowest BCUT2D eigenvalue weighted by Gasteiger charge is -2.15. The van der Waals surface area contributed by atoms with Crippen LogP contribution in [0.1, 0.15) is 16.7 Å². The van der Waals surface area contributed by atoms with Crippen molar-refractivity contribution >= 4 is 10.8 Å². The number of aryl methyl sites for hydroxylation is 3. The molecule has 3 nitrogen and oxygen atoms in total. The van der Waals surface area contributed by atoms with Gasteiger partial charge in [-0.1, -0.05) is 23.8 Å². The van der Waals surface area contributed by atoms with Gasteiger partial charge < -0.3 is 9.57 Å². The van der Waals surface area contributed by atoms with Crippen LogP contribution in [0.4, 0.5) is 0 Å². The second-order valence-corrected chi connectivity index (χ2v) is 4.82. The molecule has 102 valence electrons. The number of nitrogens with one attached hydrogen (secondary N) is 1.